The van der Waals surface area contributed by atoms with Crippen molar-refractivity contribution in [3.05, 3.63) is 51.7 Å². The van der Waals surface area contributed by atoms with Gasteiger partial charge in [-0.15, -0.1) is 0 Å². The second kappa shape index (κ2) is 6.07. The van der Waals surface area contributed by atoms with Crippen LogP contribution in [0.4, 0.5) is 19.0 Å². The van der Waals surface area contributed by atoms with Crippen LogP contribution in [0.5, 0.6) is 5.88 Å². The molecule has 4 rings (SSSR count). The molecule has 1 fully saturated rings. The van der Waals surface area contributed by atoms with E-state index in [1.807, 2.05) is 4.90 Å². The molecule has 1 atom stereocenters. The van der Waals surface area contributed by atoms with Crippen LogP contribution in [-0.4, -0.2) is 28.9 Å². The number of hydrogen-bond donors (Lipinski definition) is 0. The molecule has 2 aliphatic heterocycles. The lowest BCUT2D eigenvalue weighted by atomic mass is 10.2. The number of hydrogen-bond acceptors (Lipinski definition) is 5. The molecule has 2 aliphatic rings. The molecule has 9 heteroatoms. The van der Waals surface area contributed by atoms with Crippen molar-refractivity contribution in [1.82, 2.24) is 9.55 Å². The first kappa shape index (κ1) is 15.9. The summed E-state index contributed by atoms with van der Waals surface area (Å²) < 4.78 is 52.1. The van der Waals surface area contributed by atoms with E-state index >= 15 is 0 Å². The zero-order valence-electron chi connectivity index (χ0n) is 13.0. The van der Waals surface area contributed by atoms with E-state index in [9.17, 15) is 18.0 Å². The standard InChI is InChI=1S/C16H14F3N3O3/c17-11-4-13(19)12(18)3-9(11)7-25-14-5-15-21(16(23)20-14)6-10-1-2-24-8-22(10)15/h3-5,10H,1-2,6-8H2/t10-/m0/s1. The minimum Gasteiger partial charge on any atom is -0.472 e. The summed E-state index contributed by atoms with van der Waals surface area (Å²) in [4.78, 5) is 17.9. The van der Waals surface area contributed by atoms with Gasteiger partial charge >= 0.3 is 5.69 Å². The zero-order valence-corrected chi connectivity index (χ0v) is 13.0. The van der Waals surface area contributed by atoms with Crippen LogP contribution in [0.2, 0.25) is 0 Å². The summed E-state index contributed by atoms with van der Waals surface area (Å²) in [5, 5.41) is 0. The fourth-order valence-corrected chi connectivity index (χ4v) is 3.08. The van der Waals surface area contributed by atoms with E-state index in [1.54, 1.807) is 6.07 Å². The Morgan fingerprint density at radius 1 is 1.20 bits per heavy atom. The predicted molar refractivity (Wildman–Crippen MR) is 80.8 cm³/mol. The molecule has 6 nitrogen and oxygen atoms in total. The van der Waals surface area contributed by atoms with E-state index in [-0.39, 0.29) is 24.1 Å². The summed E-state index contributed by atoms with van der Waals surface area (Å²) in [5.74, 6) is -2.76. The van der Waals surface area contributed by atoms with E-state index in [0.29, 0.717) is 31.8 Å². The lowest BCUT2D eigenvalue weighted by Gasteiger charge is -2.30. The molecule has 0 N–H and O–H groups in total. The maximum atomic E-state index is 13.7. The molecule has 0 amide bonds. The number of aromatic nitrogens is 2. The first-order valence-electron chi connectivity index (χ1n) is 7.75. The SMILES string of the molecule is O=c1nc(OCc2cc(F)c(F)cc2F)cc2n1C[C@@H]1CCOCN21. The number of rotatable bonds is 3. The third kappa shape index (κ3) is 2.84. The van der Waals surface area contributed by atoms with E-state index in [1.165, 1.54) is 4.57 Å². The minimum atomic E-state index is -1.27. The van der Waals surface area contributed by atoms with Crippen molar-refractivity contribution in [2.24, 2.45) is 0 Å². The number of fused-ring (bicyclic) bond motifs is 3. The molecule has 1 saturated heterocycles. The van der Waals surface area contributed by atoms with Gasteiger partial charge in [0.05, 0.1) is 12.6 Å². The van der Waals surface area contributed by atoms with Crippen LogP contribution in [-0.2, 0) is 17.9 Å². The van der Waals surface area contributed by atoms with Crippen molar-refractivity contribution in [2.45, 2.75) is 25.6 Å². The molecule has 0 bridgehead atoms. The average Bonchev–Trinajstić information content (AvgIpc) is 2.96. The van der Waals surface area contributed by atoms with Crippen LogP contribution in [0.3, 0.4) is 0 Å². The van der Waals surface area contributed by atoms with E-state index in [0.717, 1.165) is 12.5 Å². The van der Waals surface area contributed by atoms with Gasteiger partial charge in [-0.05, 0) is 12.5 Å². The van der Waals surface area contributed by atoms with Gasteiger partial charge in [0.15, 0.2) is 11.6 Å². The van der Waals surface area contributed by atoms with E-state index in [4.69, 9.17) is 9.47 Å². The van der Waals surface area contributed by atoms with Gasteiger partial charge in [-0.2, -0.15) is 4.98 Å². The van der Waals surface area contributed by atoms with Crippen LogP contribution in [0.15, 0.2) is 23.0 Å². The molecule has 25 heavy (non-hydrogen) atoms. The van der Waals surface area contributed by atoms with Gasteiger partial charge in [0.25, 0.3) is 0 Å². The molecule has 1 aromatic heterocycles. The van der Waals surface area contributed by atoms with Crippen molar-refractivity contribution in [1.29, 1.82) is 0 Å². The quantitative estimate of drug-likeness (QED) is 0.788. The largest absolute Gasteiger partial charge is 0.472 e. The Bertz CT molecular complexity index is 887. The van der Waals surface area contributed by atoms with Crippen LogP contribution in [0.25, 0.3) is 0 Å². The highest BCUT2D eigenvalue weighted by molar-refractivity contribution is 5.46. The summed E-state index contributed by atoms with van der Waals surface area (Å²) in [7, 11) is 0. The fraction of sp³-hybridized carbons (Fsp3) is 0.375. The normalized spacial score (nSPS) is 18.8. The summed E-state index contributed by atoms with van der Waals surface area (Å²) >= 11 is 0. The van der Waals surface area contributed by atoms with Crippen molar-refractivity contribution in [2.75, 3.05) is 18.2 Å². The summed E-state index contributed by atoms with van der Waals surface area (Å²) in [6.07, 6.45) is 0.803. The third-order valence-corrected chi connectivity index (χ3v) is 4.38. The molecule has 0 radical (unpaired) electrons. The van der Waals surface area contributed by atoms with Crippen LogP contribution in [0.1, 0.15) is 12.0 Å². The van der Waals surface area contributed by atoms with Gasteiger partial charge in [-0.3, -0.25) is 4.57 Å². The van der Waals surface area contributed by atoms with Gasteiger partial charge in [0.1, 0.15) is 25.0 Å². The average molecular weight is 353 g/mol. The van der Waals surface area contributed by atoms with E-state index < -0.39 is 23.1 Å². The van der Waals surface area contributed by atoms with Crippen molar-refractivity contribution >= 4 is 5.82 Å². The van der Waals surface area contributed by atoms with Gasteiger partial charge in [0.2, 0.25) is 5.88 Å². The zero-order chi connectivity index (χ0) is 17.6. The Hall–Kier alpha value is -2.55. The Kier molecular flexibility index (Phi) is 3.87. The highest BCUT2D eigenvalue weighted by Gasteiger charge is 2.33. The van der Waals surface area contributed by atoms with Crippen LogP contribution < -0.4 is 15.3 Å². The maximum absolute atomic E-state index is 13.7. The topological polar surface area (TPSA) is 56.6 Å². The first-order valence-corrected chi connectivity index (χ1v) is 7.75. The van der Waals surface area contributed by atoms with Crippen LogP contribution in [0, 0.1) is 17.5 Å². The van der Waals surface area contributed by atoms with Crippen molar-refractivity contribution < 1.29 is 22.6 Å². The Morgan fingerprint density at radius 3 is 2.84 bits per heavy atom. The molecule has 0 aliphatic carbocycles. The monoisotopic (exact) mass is 353 g/mol. The van der Waals surface area contributed by atoms with Crippen LogP contribution >= 0.6 is 0 Å². The molecular formula is C16H14F3N3O3. The third-order valence-electron chi connectivity index (χ3n) is 4.38. The Morgan fingerprint density at radius 2 is 2.00 bits per heavy atom. The van der Waals surface area contributed by atoms with Gasteiger partial charge in [0, 0.05) is 24.2 Å². The molecule has 0 saturated carbocycles. The predicted octanol–water partition coefficient (Wildman–Crippen LogP) is 1.81. The smallest absolute Gasteiger partial charge is 0.352 e. The Labute approximate surface area is 140 Å². The molecule has 0 spiro atoms. The molecule has 0 unspecified atom stereocenters. The number of anilines is 1. The number of halogens is 3. The van der Waals surface area contributed by atoms with Gasteiger partial charge < -0.3 is 14.4 Å². The molecule has 132 valence electrons. The highest BCUT2D eigenvalue weighted by atomic mass is 19.2. The Balaban J connectivity index is 1.58. The molecular weight excluding hydrogens is 339 g/mol. The number of nitrogens with zero attached hydrogens (tertiary/aromatic N) is 3. The summed E-state index contributed by atoms with van der Waals surface area (Å²) in [6, 6.07) is 2.91. The second-order valence-corrected chi connectivity index (χ2v) is 5.94. The fourth-order valence-electron chi connectivity index (χ4n) is 3.08. The maximum Gasteiger partial charge on any atom is 0.352 e. The van der Waals surface area contributed by atoms with Crippen molar-refractivity contribution in [3.8, 4) is 5.88 Å². The minimum absolute atomic E-state index is 0.00777. The lowest BCUT2D eigenvalue weighted by molar-refractivity contribution is 0.0903. The molecule has 2 aromatic rings. The highest BCUT2D eigenvalue weighted by Crippen LogP contribution is 2.30. The number of benzene rings is 1. The molecule has 1 aromatic carbocycles. The number of ether oxygens (including phenoxy) is 2. The first-order chi connectivity index (χ1) is 12.0. The second-order valence-electron chi connectivity index (χ2n) is 5.94. The summed E-state index contributed by atoms with van der Waals surface area (Å²) in [6.45, 7) is 1.16. The van der Waals surface area contributed by atoms with Gasteiger partial charge in [-0.25, -0.2) is 18.0 Å². The summed E-state index contributed by atoms with van der Waals surface area (Å²) in [5.41, 5.74) is -0.645. The van der Waals surface area contributed by atoms with Gasteiger partial charge in [-0.1, -0.05) is 0 Å². The van der Waals surface area contributed by atoms with Crippen molar-refractivity contribution in [3.63, 3.8) is 0 Å². The lowest BCUT2D eigenvalue weighted by Crippen LogP contribution is -2.39. The van der Waals surface area contributed by atoms with E-state index in [2.05, 4.69) is 4.98 Å². The molecule has 3 heterocycles.